The van der Waals surface area contributed by atoms with E-state index in [9.17, 15) is 0 Å². The molecule has 2 bridgehead atoms. The number of fused-ring (bicyclic) bond motifs is 2. The first kappa shape index (κ1) is 15.2. The van der Waals surface area contributed by atoms with Crippen LogP contribution in [0.25, 0.3) is 0 Å². The largest absolute Gasteiger partial charge is 0.311 e. The average Bonchev–Trinajstić information content (AvgIpc) is 2.91. The molecule has 2 aliphatic heterocycles. The van der Waals surface area contributed by atoms with Gasteiger partial charge in [-0.1, -0.05) is 30.3 Å². The fourth-order valence-electron chi connectivity index (χ4n) is 2.99. The molecule has 0 aromatic heterocycles. The molecule has 2 fully saturated rings. The summed E-state index contributed by atoms with van der Waals surface area (Å²) >= 11 is 0. The van der Waals surface area contributed by atoms with Crippen LogP contribution < -0.4 is 5.32 Å². The Morgan fingerprint density at radius 1 is 1.24 bits per heavy atom. The van der Waals surface area contributed by atoms with Crippen molar-refractivity contribution in [3.05, 3.63) is 35.9 Å². The van der Waals surface area contributed by atoms with Crippen molar-refractivity contribution in [1.29, 1.82) is 0 Å². The SMILES string of the molecule is Br.Br.C[C@H](c1ccccc1)N1C[C@@H]2C[C@H]1CN2. The van der Waals surface area contributed by atoms with Crippen molar-refractivity contribution in [2.75, 3.05) is 13.1 Å². The maximum atomic E-state index is 3.55. The van der Waals surface area contributed by atoms with Crippen LogP contribution in [0.3, 0.4) is 0 Å². The lowest BCUT2D eigenvalue weighted by atomic mass is 10.1. The van der Waals surface area contributed by atoms with Gasteiger partial charge < -0.3 is 5.32 Å². The summed E-state index contributed by atoms with van der Waals surface area (Å²) in [5, 5.41) is 3.55. The molecule has 17 heavy (non-hydrogen) atoms. The standard InChI is InChI=1S/C13H18N2.2BrH/c1-10(11-5-3-2-4-6-11)15-9-12-7-13(15)8-14-12;;/h2-6,10,12-14H,7-9H2,1H3;2*1H/t10-,12+,13+;;/m1../s1. The van der Waals surface area contributed by atoms with Crippen molar-refractivity contribution >= 4 is 34.0 Å². The molecule has 2 aliphatic rings. The molecule has 0 radical (unpaired) electrons. The lowest BCUT2D eigenvalue weighted by Crippen LogP contribution is -2.44. The zero-order chi connectivity index (χ0) is 10.3. The quantitative estimate of drug-likeness (QED) is 0.868. The Kier molecular flexibility index (Phi) is 5.64. The van der Waals surface area contributed by atoms with Gasteiger partial charge in [-0.05, 0) is 18.9 Å². The molecule has 96 valence electrons. The lowest BCUT2D eigenvalue weighted by molar-refractivity contribution is 0.170. The molecule has 3 atom stereocenters. The summed E-state index contributed by atoms with van der Waals surface area (Å²) < 4.78 is 0. The Labute approximate surface area is 124 Å². The van der Waals surface area contributed by atoms with Crippen LogP contribution >= 0.6 is 34.0 Å². The Hall–Kier alpha value is 0.1000. The molecule has 0 unspecified atom stereocenters. The minimum Gasteiger partial charge on any atom is -0.311 e. The van der Waals surface area contributed by atoms with Crippen LogP contribution in [0, 0.1) is 0 Å². The number of piperazine rings is 1. The molecule has 0 aliphatic carbocycles. The van der Waals surface area contributed by atoms with Crippen molar-refractivity contribution in [3.63, 3.8) is 0 Å². The topological polar surface area (TPSA) is 15.3 Å². The van der Waals surface area contributed by atoms with Gasteiger partial charge in [0.1, 0.15) is 0 Å². The molecular weight excluding hydrogens is 344 g/mol. The van der Waals surface area contributed by atoms with Gasteiger partial charge in [0.05, 0.1) is 0 Å². The minimum atomic E-state index is 0. The third-order valence-electron chi connectivity index (χ3n) is 3.88. The predicted molar refractivity (Wildman–Crippen MR) is 82.4 cm³/mol. The highest BCUT2D eigenvalue weighted by atomic mass is 79.9. The normalized spacial score (nSPS) is 28.3. The first-order valence-corrected chi connectivity index (χ1v) is 5.88. The molecule has 1 aromatic carbocycles. The van der Waals surface area contributed by atoms with Gasteiger partial charge >= 0.3 is 0 Å². The number of benzene rings is 1. The molecule has 4 heteroatoms. The van der Waals surface area contributed by atoms with E-state index in [-0.39, 0.29) is 34.0 Å². The first-order chi connectivity index (χ1) is 7.34. The first-order valence-electron chi connectivity index (χ1n) is 5.88. The highest BCUT2D eigenvalue weighted by Gasteiger charge is 2.39. The summed E-state index contributed by atoms with van der Waals surface area (Å²) in [6.07, 6.45) is 1.34. The predicted octanol–water partition coefficient (Wildman–Crippen LogP) is 2.95. The van der Waals surface area contributed by atoms with E-state index < -0.39 is 0 Å². The Morgan fingerprint density at radius 3 is 2.47 bits per heavy atom. The number of likely N-dealkylation sites (tertiary alicyclic amines) is 1. The van der Waals surface area contributed by atoms with Gasteiger partial charge in [0.2, 0.25) is 0 Å². The van der Waals surface area contributed by atoms with Crippen LogP contribution in [0.1, 0.15) is 24.9 Å². The van der Waals surface area contributed by atoms with Crippen LogP contribution in [-0.4, -0.2) is 30.1 Å². The summed E-state index contributed by atoms with van der Waals surface area (Å²) in [6, 6.07) is 12.9. The van der Waals surface area contributed by atoms with E-state index in [1.54, 1.807) is 0 Å². The fourth-order valence-corrected chi connectivity index (χ4v) is 2.99. The number of rotatable bonds is 2. The van der Waals surface area contributed by atoms with Gasteiger partial charge in [-0.25, -0.2) is 0 Å². The molecule has 2 saturated heterocycles. The third-order valence-corrected chi connectivity index (χ3v) is 3.88. The van der Waals surface area contributed by atoms with E-state index in [0.29, 0.717) is 6.04 Å². The van der Waals surface area contributed by atoms with E-state index in [2.05, 4.69) is 47.5 Å². The van der Waals surface area contributed by atoms with Gasteiger partial charge in [-0.15, -0.1) is 34.0 Å². The molecule has 0 spiro atoms. The smallest absolute Gasteiger partial charge is 0.0324 e. The van der Waals surface area contributed by atoms with Crippen LogP contribution in [0.15, 0.2) is 30.3 Å². The summed E-state index contributed by atoms with van der Waals surface area (Å²) in [5.74, 6) is 0. The summed E-state index contributed by atoms with van der Waals surface area (Å²) in [5.41, 5.74) is 1.45. The van der Waals surface area contributed by atoms with Crippen LogP contribution in [0.2, 0.25) is 0 Å². The van der Waals surface area contributed by atoms with E-state index in [1.165, 1.54) is 25.1 Å². The minimum absolute atomic E-state index is 0. The number of hydrogen-bond donors (Lipinski definition) is 1. The van der Waals surface area contributed by atoms with Crippen LogP contribution in [-0.2, 0) is 0 Å². The van der Waals surface area contributed by atoms with E-state index in [0.717, 1.165) is 12.1 Å². The molecule has 2 nitrogen and oxygen atoms in total. The maximum absolute atomic E-state index is 3.55. The van der Waals surface area contributed by atoms with Crippen molar-refractivity contribution in [2.24, 2.45) is 0 Å². The summed E-state index contributed by atoms with van der Waals surface area (Å²) in [6.45, 7) is 4.73. The number of hydrogen-bond acceptors (Lipinski definition) is 2. The zero-order valence-electron chi connectivity index (χ0n) is 10.0. The van der Waals surface area contributed by atoms with Gasteiger partial charge in [-0.3, -0.25) is 4.90 Å². The zero-order valence-corrected chi connectivity index (χ0v) is 13.4. The molecular formula is C13H20Br2N2. The second kappa shape index (κ2) is 6.32. The third kappa shape index (κ3) is 2.92. The molecule has 2 heterocycles. The number of nitrogens with one attached hydrogen (secondary N) is 1. The van der Waals surface area contributed by atoms with Gasteiger partial charge in [0.15, 0.2) is 0 Å². The fraction of sp³-hybridized carbons (Fsp3) is 0.538. The number of nitrogens with zero attached hydrogens (tertiary/aromatic N) is 1. The summed E-state index contributed by atoms with van der Waals surface area (Å²) in [4.78, 5) is 2.65. The monoisotopic (exact) mass is 362 g/mol. The van der Waals surface area contributed by atoms with E-state index in [1.807, 2.05) is 0 Å². The van der Waals surface area contributed by atoms with E-state index >= 15 is 0 Å². The van der Waals surface area contributed by atoms with Crippen molar-refractivity contribution in [1.82, 2.24) is 10.2 Å². The second-order valence-electron chi connectivity index (χ2n) is 4.78. The molecule has 1 N–H and O–H groups in total. The van der Waals surface area contributed by atoms with Gasteiger partial charge in [0.25, 0.3) is 0 Å². The molecule has 0 amide bonds. The maximum Gasteiger partial charge on any atom is 0.0324 e. The number of halogens is 2. The van der Waals surface area contributed by atoms with Crippen LogP contribution in [0.4, 0.5) is 0 Å². The van der Waals surface area contributed by atoms with Crippen molar-refractivity contribution in [2.45, 2.75) is 31.5 Å². The second-order valence-corrected chi connectivity index (χ2v) is 4.78. The van der Waals surface area contributed by atoms with Gasteiger partial charge in [-0.2, -0.15) is 0 Å². The highest BCUT2D eigenvalue weighted by molar-refractivity contribution is 8.93. The highest BCUT2D eigenvalue weighted by Crippen LogP contribution is 2.31. The van der Waals surface area contributed by atoms with E-state index in [4.69, 9.17) is 0 Å². The molecule has 1 aromatic rings. The van der Waals surface area contributed by atoms with Crippen LogP contribution in [0.5, 0.6) is 0 Å². The molecule has 0 saturated carbocycles. The lowest BCUT2D eigenvalue weighted by Gasteiger charge is -2.33. The van der Waals surface area contributed by atoms with Gasteiger partial charge in [0, 0.05) is 31.2 Å². The summed E-state index contributed by atoms with van der Waals surface area (Å²) in [7, 11) is 0. The Bertz CT molecular complexity index is 345. The average molecular weight is 364 g/mol. The Morgan fingerprint density at radius 2 is 1.94 bits per heavy atom. The Balaban J connectivity index is 0.000000722. The van der Waals surface area contributed by atoms with Crippen molar-refractivity contribution in [3.8, 4) is 0 Å². The van der Waals surface area contributed by atoms with Crippen molar-refractivity contribution < 1.29 is 0 Å². The molecule has 3 rings (SSSR count).